The van der Waals surface area contributed by atoms with Crippen molar-refractivity contribution in [3.63, 3.8) is 0 Å². The van der Waals surface area contributed by atoms with Gasteiger partial charge in [-0.05, 0) is 51.8 Å². The summed E-state index contributed by atoms with van der Waals surface area (Å²) in [5.41, 5.74) is 0.337. The van der Waals surface area contributed by atoms with E-state index in [1.54, 1.807) is 17.2 Å². The lowest BCUT2D eigenvalue weighted by Gasteiger charge is -2.24. The fraction of sp³-hybridized carbons (Fsp3) is 0.423. The number of carbonyl (C=O) groups excluding carboxylic acids is 2. The SMILES string of the molecule is C[C@@H](NC(=O)c1cc(C2CCN(C(=O)OC(C)(C)C)C2)cc2cn[nH]c12)c1cccc(C(F)F)c1F. The Morgan fingerprint density at radius 1 is 1.22 bits per heavy atom. The van der Waals surface area contributed by atoms with Gasteiger partial charge in [-0.1, -0.05) is 18.2 Å². The highest BCUT2D eigenvalue weighted by atomic mass is 19.3. The van der Waals surface area contributed by atoms with Crippen molar-refractivity contribution in [2.45, 2.75) is 58.1 Å². The van der Waals surface area contributed by atoms with Gasteiger partial charge in [0, 0.05) is 30.0 Å². The fourth-order valence-electron chi connectivity index (χ4n) is 4.44. The van der Waals surface area contributed by atoms with Gasteiger partial charge in [-0.2, -0.15) is 5.10 Å². The van der Waals surface area contributed by atoms with Crippen molar-refractivity contribution in [3.8, 4) is 0 Å². The predicted octanol–water partition coefficient (Wildman–Crippen LogP) is 5.86. The number of benzene rings is 2. The Morgan fingerprint density at radius 3 is 2.64 bits per heavy atom. The molecule has 0 saturated carbocycles. The number of hydrogen-bond donors (Lipinski definition) is 2. The van der Waals surface area contributed by atoms with E-state index in [4.69, 9.17) is 4.74 Å². The molecule has 2 amide bonds. The van der Waals surface area contributed by atoms with Crippen molar-refractivity contribution in [1.29, 1.82) is 0 Å². The number of carbonyl (C=O) groups is 2. The largest absolute Gasteiger partial charge is 0.444 e. The summed E-state index contributed by atoms with van der Waals surface area (Å²) in [6.07, 6.45) is -1.04. The number of nitrogens with one attached hydrogen (secondary N) is 2. The van der Waals surface area contributed by atoms with Crippen molar-refractivity contribution in [1.82, 2.24) is 20.4 Å². The van der Waals surface area contributed by atoms with Gasteiger partial charge in [0.2, 0.25) is 0 Å². The number of nitrogens with zero attached hydrogens (tertiary/aromatic N) is 2. The van der Waals surface area contributed by atoms with Crippen molar-refractivity contribution in [2.24, 2.45) is 0 Å². The molecule has 1 aliphatic rings. The third-order valence-corrected chi connectivity index (χ3v) is 6.23. The smallest absolute Gasteiger partial charge is 0.410 e. The molecular weight excluding hydrogens is 473 g/mol. The topological polar surface area (TPSA) is 87.3 Å². The maximum Gasteiger partial charge on any atom is 0.410 e. The van der Waals surface area contributed by atoms with Gasteiger partial charge in [0.15, 0.2) is 0 Å². The van der Waals surface area contributed by atoms with Crippen LogP contribution in [0.3, 0.4) is 0 Å². The van der Waals surface area contributed by atoms with Gasteiger partial charge in [-0.15, -0.1) is 0 Å². The minimum Gasteiger partial charge on any atom is -0.444 e. The van der Waals surface area contributed by atoms with Crippen LogP contribution in [-0.4, -0.2) is 45.8 Å². The van der Waals surface area contributed by atoms with E-state index in [-0.39, 0.29) is 17.6 Å². The third-order valence-electron chi connectivity index (χ3n) is 6.23. The second-order valence-corrected chi connectivity index (χ2v) is 10.1. The van der Waals surface area contributed by atoms with Gasteiger partial charge < -0.3 is 15.0 Å². The molecule has 0 aliphatic carbocycles. The highest BCUT2D eigenvalue weighted by molar-refractivity contribution is 6.06. The van der Waals surface area contributed by atoms with E-state index < -0.39 is 35.4 Å². The maximum absolute atomic E-state index is 14.6. The van der Waals surface area contributed by atoms with Crippen LogP contribution in [0.5, 0.6) is 0 Å². The fourth-order valence-corrected chi connectivity index (χ4v) is 4.44. The Kier molecular flexibility index (Phi) is 6.97. The molecule has 0 spiro atoms. The highest BCUT2D eigenvalue weighted by Crippen LogP contribution is 2.32. The summed E-state index contributed by atoms with van der Waals surface area (Å²) < 4.78 is 46.3. The van der Waals surface area contributed by atoms with Crippen LogP contribution in [0.1, 0.15) is 79.5 Å². The van der Waals surface area contributed by atoms with Crippen LogP contribution in [-0.2, 0) is 4.74 Å². The number of ether oxygens (including phenoxy) is 1. The first-order valence-electron chi connectivity index (χ1n) is 11.8. The molecule has 0 bridgehead atoms. The highest BCUT2D eigenvalue weighted by Gasteiger charge is 2.31. The molecule has 2 aromatic carbocycles. The minimum atomic E-state index is -2.96. The van der Waals surface area contributed by atoms with Gasteiger partial charge in [0.1, 0.15) is 11.4 Å². The summed E-state index contributed by atoms with van der Waals surface area (Å²) in [4.78, 5) is 27.4. The van der Waals surface area contributed by atoms with Gasteiger partial charge in [0.05, 0.1) is 28.9 Å². The van der Waals surface area contributed by atoms with Crippen molar-refractivity contribution < 1.29 is 27.5 Å². The van der Waals surface area contributed by atoms with Gasteiger partial charge in [-0.25, -0.2) is 18.0 Å². The lowest BCUT2D eigenvalue weighted by atomic mass is 9.94. The molecule has 2 heterocycles. The molecule has 36 heavy (non-hydrogen) atoms. The first-order valence-corrected chi connectivity index (χ1v) is 11.8. The van der Waals surface area contributed by atoms with Crippen molar-refractivity contribution in [3.05, 3.63) is 64.6 Å². The molecule has 7 nitrogen and oxygen atoms in total. The Labute approximate surface area is 207 Å². The number of H-pyrrole nitrogens is 1. The van der Waals surface area contributed by atoms with E-state index in [1.807, 2.05) is 26.8 Å². The van der Waals surface area contributed by atoms with Gasteiger partial charge in [0.25, 0.3) is 12.3 Å². The van der Waals surface area contributed by atoms with Crippen LogP contribution in [0.25, 0.3) is 10.9 Å². The number of hydrogen-bond acceptors (Lipinski definition) is 4. The molecule has 1 fully saturated rings. The number of aromatic amines is 1. The second kappa shape index (κ2) is 9.83. The second-order valence-electron chi connectivity index (χ2n) is 10.1. The Morgan fingerprint density at radius 2 is 1.94 bits per heavy atom. The molecule has 1 unspecified atom stereocenters. The molecule has 2 N–H and O–H groups in total. The standard InChI is InChI=1S/C26H29F3N4O3/c1-14(18-6-5-7-19(21(18)27)23(28)29)31-24(34)20-11-16(10-17-12-30-32-22(17)20)15-8-9-33(13-15)25(35)36-26(2,3)4/h5-7,10-12,14-15,23H,8-9,13H2,1-4H3,(H,30,32)(H,31,34)/t14-,15?/m1/s1. The minimum absolute atomic E-state index is 0.0130. The number of fused-ring (bicyclic) bond motifs is 1. The molecule has 192 valence electrons. The molecular formula is C26H29F3N4O3. The lowest BCUT2D eigenvalue weighted by Crippen LogP contribution is -2.35. The zero-order valence-electron chi connectivity index (χ0n) is 20.6. The Bertz CT molecular complexity index is 1290. The summed E-state index contributed by atoms with van der Waals surface area (Å²) in [5, 5.41) is 10.3. The molecule has 4 rings (SSSR count). The molecule has 1 aromatic heterocycles. The van der Waals surface area contributed by atoms with E-state index in [9.17, 15) is 22.8 Å². The lowest BCUT2D eigenvalue weighted by molar-refractivity contribution is 0.0292. The van der Waals surface area contributed by atoms with E-state index in [1.165, 1.54) is 19.1 Å². The Balaban J connectivity index is 1.56. The maximum atomic E-state index is 14.6. The molecule has 10 heteroatoms. The van der Waals surface area contributed by atoms with Gasteiger partial charge in [-0.3, -0.25) is 9.89 Å². The normalized spacial score (nSPS) is 17.0. The van der Waals surface area contributed by atoms with Crippen LogP contribution < -0.4 is 5.32 Å². The molecule has 0 radical (unpaired) electrons. The average molecular weight is 503 g/mol. The summed E-state index contributed by atoms with van der Waals surface area (Å²) in [7, 11) is 0. The summed E-state index contributed by atoms with van der Waals surface area (Å²) in [6.45, 7) is 7.95. The van der Waals surface area contributed by atoms with E-state index in [0.29, 0.717) is 36.0 Å². The zero-order chi connectivity index (χ0) is 26.2. The van der Waals surface area contributed by atoms with Crippen LogP contribution in [0.2, 0.25) is 0 Å². The van der Waals surface area contributed by atoms with Crippen LogP contribution in [0, 0.1) is 5.82 Å². The van der Waals surface area contributed by atoms with Crippen LogP contribution in [0.4, 0.5) is 18.0 Å². The van der Waals surface area contributed by atoms with E-state index in [2.05, 4.69) is 15.5 Å². The van der Waals surface area contributed by atoms with Crippen molar-refractivity contribution >= 4 is 22.9 Å². The third kappa shape index (κ3) is 5.32. The number of halogens is 3. The zero-order valence-corrected chi connectivity index (χ0v) is 20.6. The summed E-state index contributed by atoms with van der Waals surface area (Å²) in [6, 6.07) is 6.54. The molecule has 1 aliphatic heterocycles. The first kappa shape index (κ1) is 25.5. The summed E-state index contributed by atoms with van der Waals surface area (Å²) in [5.74, 6) is -1.54. The van der Waals surface area contributed by atoms with Crippen LogP contribution in [0.15, 0.2) is 36.5 Å². The number of amides is 2. The predicted molar refractivity (Wildman–Crippen MR) is 128 cm³/mol. The molecule has 2 atom stereocenters. The Hall–Kier alpha value is -3.56. The molecule has 1 saturated heterocycles. The number of aromatic nitrogens is 2. The van der Waals surface area contributed by atoms with Gasteiger partial charge >= 0.3 is 6.09 Å². The van der Waals surface area contributed by atoms with E-state index >= 15 is 0 Å². The number of alkyl halides is 2. The molecule has 3 aromatic rings. The van der Waals surface area contributed by atoms with Crippen LogP contribution >= 0.6 is 0 Å². The van der Waals surface area contributed by atoms with Crippen molar-refractivity contribution in [2.75, 3.05) is 13.1 Å². The number of rotatable bonds is 5. The first-order chi connectivity index (χ1) is 16.9. The number of likely N-dealkylation sites (tertiary alicyclic amines) is 1. The monoisotopic (exact) mass is 502 g/mol. The quantitative estimate of drug-likeness (QED) is 0.458. The average Bonchev–Trinajstić information content (AvgIpc) is 3.46. The summed E-state index contributed by atoms with van der Waals surface area (Å²) >= 11 is 0. The van der Waals surface area contributed by atoms with E-state index in [0.717, 1.165) is 11.6 Å².